The third kappa shape index (κ3) is 4.60. The number of nitrogens with one attached hydrogen (secondary N) is 2. The maximum Gasteiger partial charge on any atom is 0.250 e. The van der Waals surface area contributed by atoms with Crippen LogP contribution in [0.4, 0.5) is 11.4 Å². The lowest BCUT2D eigenvalue weighted by atomic mass is 9.69. The number of amides is 2. The van der Waals surface area contributed by atoms with Gasteiger partial charge in [0.1, 0.15) is 0 Å². The summed E-state index contributed by atoms with van der Waals surface area (Å²) in [5.41, 5.74) is 5.59. The fourth-order valence-electron chi connectivity index (χ4n) is 7.21. The molecule has 7 nitrogen and oxygen atoms in total. The molecule has 194 valence electrons. The van der Waals surface area contributed by atoms with Crippen molar-refractivity contribution in [2.45, 2.75) is 70.4 Å². The molecular weight excluding hydrogens is 464 g/mol. The van der Waals surface area contributed by atoms with Gasteiger partial charge in [-0.15, -0.1) is 0 Å². The smallest absolute Gasteiger partial charge is 0.250 e. The standard InChI is InChI=1S/C30H36N4O3/c1-19(35)32-23-10-11-26-22(15-23)16-25(30(37)31-13-12-20-6-3-2-4-7-20)29-24-14-21(18-34(26)29)17-33-27(24)8-5-9-28(33)36/h5-6,8-11,15,21,24-25,29H,2-4,7,12-14,16-18H2,1H3,(H,31,37)(H,32,35)/t21-,24+,25+,29+/m0/s1. The second-order valence-electron chi connectivity index (χ2n) is 11.2. The van der Waals surface area contributed by atoms with Crippen LogP contribution in [0.1, 0.15) is 62.6 Å². The summed E-state index contributed by atoms with van der Waals surface area (Å²) in [5.74, 6) is 0.247. The summed E-state index contributed by atoms with van der Waals surface area (Å²) < 4.78 is 1.94. The van der Waals surface area contributed by atoms with E-state index in [1.807, 2.05) is 22.8 Å². The minimum atomic E-state index is -0.228. The normalized spacial score (nSPS) is 25.8. The van der Waals surface area contributed by atoms with Gasteiger partial charge in [0, 0.05) is 61.7 Å². The number of hydrogen-bond donors (Lipinski definition) is 2. The Morgan fingerprint density at radius 3 is 2.81 bits per heavy atom. The number of carbonyl (C=O) groups is 2. The lowest BCUT2D eigenvalue weighted by Gasteiger charge is -2.54. The first kappa shape index (κ1) is 24.0. The van der Waals surface area contributed by atoms with Crippen molar-refractivity contribution in [1.29, 1.82) is 0 Å². The number of benzene rings is 1. The molecule has 2 amide bonds. The molecule has 2 aromatic rings. The summed E-state index contributed by atoms with van der Waals surface area (Å²) in [5, 5.41) is 6.17. The molecule has 0 saturated carbocycles. The topological polar surface area (TPSA) is 83.4 Å². The van der Waals surface area contributed by atoms with Crippen LogP contribution in [0.5, 0.6) is 0 Å². The van der Waals surface area contributed by atoms with E-state index in [4.69, 9.17) is 0 Å². The molecule has 2 bridgehead atoms. The Morgan fingerprint density at radius 1 is 1.11 bits per heavy atom. The molecular formula is C30H36N4O3. The number of aromatic nitrogens is 1. The summed E-state index contributed by atoms with van der Waals surface area (Å²) >= 11 is 0. The molecule has 1 aromatic carbocycles. The molecule has 4 aliphatic rings. The van der Waals surface area contributed by atoms with Crippen LogP contribution in [0, 0.1) is 11.8 Å². The quantitative estimate of drug-likeness (QED) is 0.609. The van der Waals surface area contributed by atoms with Crippen molar-refractivity contribution >= 4 is 23.2 Å². The third-order valence-corrected chi connectivity index (χ3v) is 8.75. The molecule has 0 radical (unpaired) electrons. The van der Waals surface area contributed by atoms with Crippen LogP contribution in [-0.2, 0) is 22.6 Å². The van der Waals surface area contributed by atoms with Crippen LogP contribution in [-0.4, -0.2) is 35.5 Å². The Bertz CT molecular complexity index is 1310. The lowest BCUT2D eigenvalue weighted by Crippen LogP contribution is -2.60. The van der Waals surface area contributed by atoms with Crippen molar-refractivity contribution < 1.29 is 9.59 Å². The van der Waals surface area contributed by atoms with Gasteiger partial charge in [-0.05, 0) is 80.7 Å². The minimum absolute atomic E-state index is 0.00221. The van der Waals surface area contributed by atoms with Gasteiger partial charge in [-0.2, -0.15) is 0 Å². The fraction of sp³-hybridized carbons (Fsp3) is 0.500. The van der Waals surface area contributed by atoms with E-state index in [-0.39, 0.29) is 35.3 Å². The Hall–Kier alpha value is -3.35. The number of fused-ring (bicyclic) bond motifs is 8. The molecule has 37 heavy (non-hydrogen) atoms. The average Bonchev–Trinajstić information content (AvgIpc) is 2.89. The van der Waals surface area contributed by atoms with Crippen LogP contribution in [0.15, 0.2) is 52.8 Å². The van der Waals surface area contributed by atoms with Crippen LogP contribution in [0.2, 0.25) is 0 Å². The summed E-state index contributed by atoms with van der Waals surface area (Å²) in [6.07, 6.45) is 9.69. The molecule has 0 spiro atoms. The number of carbonyl (C=O) groups excluding carboxylic acids is 2. The first-order chi connectivity index (χ1) is 18.0. The van der Waals surface area contributed by atoms with E-state index in [9.17, 15) is 14.4 Å². The molecule has 6 rings (SSSR count). The van der Waals surface area contributed by atoms with Gasteiger partial charge in [0.25, 0.3) is 5.56 Å². The Labute approximate surface area is 217 Å². The third-order valence-electron chi connectivity index (χ3n) is 8.75. The summed E-state index contributed by atoms with van der Waals surface area (Å²) in [6.45, 7) is 3.72. The van der Waals surface area contributed by atoms with E-state index in [1.54, 1.807) is 6.07 Å². The molecule has 3 aliphatic heterocycles. The second kappa shape index (κ2) is 9.84. The SMILES string of the molecule is CC(=O)Nc1ccc2c(c1)C[C@@H](C(=O)NCCC1=CCCCC1)[C@H]1[C@@H]3C[C@H](CN21)Cn1c3cccc1=O. The molecule has 2 N–H and O–H groups in total. The first-order valence-corrected chi connectivity index (χ1v) is 13.8. The average molecular weight is 501 g/mol. The van der Waals surface area contributed by atoms with E-state index < -0.39 is 0 Å². The van der Waals surface area contributed by atoms with Crippen molar-refractivity contribution in [3.8, 4) is 0 Å². The van der Waals surface area contributed by atoms with Crippen molar-refractivity contribution in [3.63, 3.8) is 0 Å². The number of allylic oxidation sites excluding steroid dienone is 1. The highest BCUT2D eigenvalue weighted by molar-refractivity contribution is 5.89. The molecule has 1 fully saturated rings. The summed E-state index contributed by atoms with van der Waals surface area (Å²) in [7, 11) is 0. The molecule has 1 aromatic heterocycles. The van der Waals surface area contributed by atoms with Crippen LogP contribution in [0.3, 0.4) is 0 Å². The predicted molar refractivity (Wildman–Crippen MR) is 145 cm³/mol. The van der Waals surface area contributed by atoms with E-state index >= 15 is 0 Å². The minimum Gasteiger partial charge on any atom is -0.366 e. The number of hydrogen-bond acceptors (Lipinski definition) is 4. The monoisotopic (exact) mass is 500 g/mol. The Kier molecular flexibility index (Phi) is 6.39. The lowest BCUT2D eigenvalue weighted by molar-refractivity contribution is -0.126. The zero-order valence-corrected chi connectivity index (χ0v) is 21.5. The zero-order valence-electron chi connectivity index (χ0n) is 21.5. The Balaban J connectivity index is 1.33. The van der Waals surface area contributed by atoms with E-state index in [0.717, 1.165) is 61.4 Å². The van der Waals surface area contributed by atoms with Gasteiger partial charge in [-0.3, -0.25) is 14.4 Å². The second-order valence-corrected chi connectivity index (χ2v) is 11.2. The van der Waals surface area contributed by atoms with Crippen molar-refractivity contribution in [2.75, 3.05) is 23.3 Å². The van der Waals surface area contributed by atoms with Crippen molar-refractivity contribution in [2.24, 2.45) is 11.8 Å². The number of rotatable bonds is 5. The molecule has 4 atom stereocenters. The van der Waals surface area contributed by atoms with Crippen LogP contribution < -0.4 is 21.1 Å². The summed E-state index contributed by atoms with van der Waals surface area (Å²) in [6, 6.07) is 11.7. The maximum absolute atomic E-state index is 13.8. The van der Waals surface area contributed by atoms with E-state index in [1.165, 1.54) is 25.3 Å². The highest BCUT2D eigenvalue weighted by Gasteiger charge is 2.49. The van der Waals surface area contributed by atoms with Gasteiger partial charge >= 0.3 is 0 Å². The number of piperidine rings is 1. The zero-order chi connectivity index (χ0) is 25.5. The van der Waals surface area contributed by atoms with Crippen molar-refractivity contribution in [1.82, 2.24) is 9.88 Å². The van der Waals surface area contributed by atoms with Crippen LogP contribution >= 0.6 is 0 Å². The van der Waals surface area contributed by atoms with Gasteiger partial charge < -0.3 is 20.1 Å². The first-order valence-electron chi connectivity index (χ1n) is 13.8. The van der Waals surface area contributed by atoms with E-state index in [2.05, 4.69) is 33.7 Å². The Morgan fingerprint density at radius 2 is 2.00 bits per heavy atom. The largest absolute Gasteiger partial charge is 0.366 e. The maximum atomic E-state index is 13.8. The fourth-order valence-corrected chi connectivity index (χ4v) is 7.21. The molecule has 1 saturated heterocycles. The van der Waals surface area contributed by atoms with Gasteiger partial charge in [0.05, 0.1) is 5.92 Å². The molecule has 7 heteroatoms. The van der Waals surface area contributed by atoms with E-state index in [0.29, 0.717) is 18.9 Å². The molecule has 1 aliphatic carbocycles. The molecule has 0 unspecified atom stereocenters. The number of pyridine rings is 1. The van der Waals surface area contributed by atoms with Gasteiger partial charge in [-0.25, -0.2) is 0 Å². The highest BCUT2D eigenvalue weighted by atomic mass is 16.2. The van der Waals surface area contributed by atoms with Gasteiger partial charge in [0.15, 0.2) is 0 Å². The van der Waals surface area contributed by atoms with Gasteiger partial charge in [-0.1, -0.05) is 17.7 Å². The number of nitrogens with zero attached hydrogens (tertiary/aromatic N) is 2. The van der Waals surface area contributed by atoms with Gasteiger partial charge in [0.2, 0.25) is 11.8 Å². The number of anilines is 2. The van der Waals surface area contributed by atoms with Crippen molar-refractivity contribution in [3.05, 3.63) is 69.7 Å². The van der Waals surface area contributed by atoms with Crippen LogP contribution in [0.25, 0.3) is 0 Å². The summed E-state index contributed by atoms with van der Waals surface area (Å²) in [4.78, 5) is 40.7. The highest BCUT2D eigenvalue weighted by Crippen LogP contribution is 2.48. The molecule has 4 heterocycles. The predicted octanol–water partition coefficient (Wildman–Crippen LogP) is 3.98.